The molecule has 1 N–H and O–H groups in total. The number of para-hydroxylation sites is 1. The summed E-state index contributed by atoms with van der Waals surface area (Å²) in [6.07, 6.45) is 1.53. The number of hydrogen-bond acceptors (Lipinski definition) is 4. The lowest BCUT2D eigenvalue weighted by atomic mass is 9.98. The number of pyridine rings is 1. The van der Waals surface area contributed by atoms with Crippen molar-refractivity contribution in [2.24, 2.45) is 0 Å². The van der Waals surface area contributed by atoms with Crippen molar-refractivity contribution in [1.29, 1.82) is 0 Å². The maximum absolute atomic E-state index is 12.8. The van der Waals surface area contributed by atoms with E-state index >= 15 is 0 Å². The number of nitrogens with one attached hydrogen (secondary N) is 1. The van der Waals surface area contributed by atoms with Crippen LogP contribution in [0.25, 0.3) is 11.1 Å². The summed E-state index contributed by atoms with van der Waals surface area (Å²) in [6.45, 7) is 10.3. The molecule has 3 rings (SSSR count). The molecule has 25 heavy (non-hydrogen) atoms. The molecule has 130 valence electrons. The van der Waals surface area contributed by atoms with Crippen LogP contribution in [0.3, 0.4) is 0 Å². The second-order valence-electron chi connectivity index (χ2n) is 6.95. The fraction of sp³-hybridized carbons (Fsp3) is 0.350. The van der Waals surface area contributed by atoms with E-state index in [1.54, 1.807) is 6.07 Å². The number of aryl methyl sites for hydroxylation is 1. The summed E-state index contributed by atoms with van der Waals surface area (Å²) in [5.74, 6) is 0.341. The average Bonchev–Trinajstić information content (AvgIpc) is 2.99. The molecule has 1 amide bonds. The fourth-order valence-corrected chi connectivity index (χ4v) is 2.92. The van der Waals surface area contributed by atoms with Gasteiger partial charge in [-0.05, 0) is 36.0 Å². The van der Waals surface area contributed by atoms with Gasteiger partial charge in [0.2, 0.25) is 0 Å². The highest BCUT2D eigenvalue weighted by molar-refractivity contribution is 6.06. The lowest BCUT2D eigenvalue weighted by molar-refractivity contribution is 0.102. The molecule has 5 nitrogen and oxygen atoms in total. The summed E-state index contributed by atoms with van der Waals surface area (Å²) < 4.78 is 5.24. The lowest BCUT2D eigenvalue weighted by Gasteiger charge is -2.16. The quantitative estimate of drug-likeness (QED) is 0.725. The van der Waals surface area contributed by atoms with Gasteiger partial charge in [0.1, 0.15) is 0 Å². The lowest BCUT2D eigenvalue weighted by Crippen LogP contribution is -2.15. The Hall–Kier alpha value is -2.69. The van der Waals surface area contributed by atoms with Gasteiger partial charge in [-0.1, -0.05) is 51.1 Å². The Kier molecular flexibility index (Phi) is 4.57. The van der Waals surface area contributed by atoms with Crippen LogP contribution < -0.4 is 5.32 Å². The van der Waals surface area contributed by atoms with E-state index in [0.717, 1.165) is 27.9 Å². The predicted molar refractivity (Wildman–Crippen MR) is 99.1 cm³/mol. The van der Waals surface area contributed by atoms with Crippen molar-refractivity contribution in [2.45, 2.75) is 46.5 Å². The second-order valence-corrected chi connectivity index (χ2v) is 6.95. The van der Waals surface area contributed by atoms with Crippen molar-refractivity contribution < 1.29 is 9.32 Å². The summed E-state index contributed by atoms with van der Waals surface area (Å²) >= 11 is 0. The summed E-state index contributed by atoms with van der Waals surface area (Å²) in [7, 11) is 0. The van der Waals surface area contributed by atoms with Crippen LogP contribution in [0.2, 0.25) is 0 Å². The van der Waals surface area contributed by atoms with E-state index in [4.69, 9.17) is 4.52 Å². The third kappa shape index (κ3) is 3.27. The first-order chi connectivity index (χ1) is 11.9. The number of nitrogens with zero attached hydrogens (tertiary/aromatic N) is 2. The number of carbonyl (C=O) groups excluding carboxylic acids is 1. The molecule has 0 fully saturated rings. The van der Waals surface area contributed by atoms with Gasteiger partial charge in [-0.2, -0.15) is 0 Å². The van der Waals surface area contributed by atoms with Crippen LogP contribution in [-0.2, 0) is 0 Å². The number of rotatable bonds is 4. The van der Waals surface area contributed by atoms with Gasteiger partial charge in [-0.15, -0.1) is 0 Å². The van der Waals surface area contributed by atoms with Crippen LogP contribution in [-0.4, -0.2) is 16.0 Å². The molecule has 0 radical (unpaired) electrons. The minimum atomic E-state index is -0.179. The number of carbonyl (C=O) groups is 1. The molecule has 0 atom stereocenters. The van der Waals surface area contributed by atoms with Gasteiger partial charge in [-0.3, -0.25) is 4.79 Å². The van der Waals surface area contributed by atoms with Crippen molar-refractivity contribution in [1.82, 2.24) is 10.1 Å². The zero-order chi connectivity index (χ0) is 18.1. The molecule has 0 aliphatic rings. The van der Waals surface area contributed by atoms with Crippen LogP contribution in [0.1, 0.15) is 66.7 Å². The van der Waals surface area contributed by atoms with Crippen molar-refractivity contribution in [2.75, 3.05) is 5.32 Å². The molecule has 3 aromatic rings. The standard InChI is InChI=1S/C20H23N3O2/c1-11(2)15-8-6-7-13(5)18(15)22-19(24)14-9-16-17(12(3)4)23-25-20(16)21-10-14/h6-12H,1-5H3,(H,22,24). The Bertz CT molecular complexity index is 926. The van der Waals surface area contributed by atoms with Gasteiger partial charge < -0.3 is 9.84 Å². The third-order valence-electron chi connectivity index (χ3n) is 4.33. The topological polar surface area (TPSA) is 68.0 Å². The summed E-state index contributed by atoms with van der Waals surface area (Å²) in [5.41, 5.74) is 4.80. The van der Waals surface area contributed by atoms with Gasteiger partial charge in [0.25, 0.3) is 11.6 Å². The van der Waals surface area contributed by atoms with Crippen LogP contribution >= 0.6 is 0 Å². The number of hydrogen-bond donors (Lipinski definition) is 1. The molecule has 0 unspecified atom stereocenters. The van der Waals surface area contributed by atoms with Gasteiger partial charge in [0, 0.05) is 11.9 Å². The Morgan fingerprint density at radius 3 is 2.60 bits per heavy atom. The van der Waals surface area contributed by atoms with Crippen LogP contribution in [0.5, 0.6) is 0 Å². The minimum Gasteiger partial charge on any atom is -0.336 e. The van der Waals surface area contributed by atoms with E-state index in [1.165, 1.54) is 6.20 Å². The Morgan fingerprint density at radius 1 is 1.16 bits per heavy atom. The van der Waals surface area contributed by atoms with Crippen LogP contribution in [0, 0.1) is 6.92 Å². The molecule has 0 spiro atoms. The zero-order valence-corrected chi connectivity index (χ0v) is 15.3. The van der Waals surface area contributed by atoms with E-state index < -0.39 is 0 Å². The van der Waals surface area contributed by atoms with Gasteiger partial charge in [0.05, 0.1) is 16.6 Å². The van der Waals surface area contributed by atoms with Gasteiger partial charge in [-0.25, -0.2) is 4.98 Å². The first-order valence-corrected chi connectivity index (χ1v) is 8.54. The van der Waals surface area contributed by atoms with E-state index in [-0.39, 0.29) is 11.8 Å². The number of benzene rings is 1. The molecule has 0 aliphatic carbocycles. The first kappa shape index (κ1) is 17.1. The third-order valence-corrected chi connectivity index (χ3v) is 4.33. The van der Waals surface area contributed by atoms with E-state index in [1.807, 2.05) is 39.0 Å². The zero-order valence-electron chi connectivity index (χ0n) is 15.3. The second kappa shape index (κ2) is 6.67. The average molecular weight is 337 g/mol. The minimum absolute atomic E-state index is 0.179. The maximum Gasteiger partial charge on any atom is 0.257 e. The van der Waals surface area contributed by atoms with Crippen LogP contribution in [0.4, 0.5) is 5.69 Å². The molecular formula is C20H23N3O2. The summed E-state index contributed by atoms with van der Waals surface area (Å²) in [6, 6.07) is 7.86. The maximum atomic E-state index is 12.8. The SMILES string of the molecule is Cc1cccc(C(C)C)c1NC(=O)c1cnc2onc(C(C)C)c2c1. The number of amides is 1. The van der Waals surface area contributed by atoms with Crippen LogP contribution in [0.15, 0.2) is 35.0 Å². The van der Waals surface area contributed by atoms with E-state index in [0.29, 0.717) is 17.2 Å². The summed E-state index contributed by atoms with van der Waals surface area (Å²) in [4.78, 5) is 17.0. The van der Waals surface area contributed by atoms with Crippen molar-refractivity contribution in [3.8, 4) is 0 Å². The van der Waals surface area contributed by atoms with Gasteiger partial charge in [0.15, 0.2) is 0 Å². The molecule has 0 saturated heterocycles. The Balaban J connectivity index is 1.97. The Labute approximate surface area is 147 Å². The van der Waals surface area contributed by atoms with Crippen molar-refractivity contribution in [3.63, 3.8) is 0 Å². The molecule has 2 aromatic heterocycles. The summed E-state index contributed by atoms with van der Waals surface area (Å²) in [5, 5.41) is 7.90. The monoisotopic (exact) mass is 337 g/mol. The highest BCUT2D eigenvalue weighted by atomic mass is 16.5. The smallest absolute Gasteiger partial charge is 0.257 e. The van der Waals surface area contributed by atoms with E-state index in [2.05, 4.69) is 29.3 Å². The Morgan fingerprint density at radius 2 is 1.92 bits per heavy atom. The highest BCUT2D eigenvalue weighted by Crippen LogP contribution is 2.28. The molecule has 0 bridgehead atoms. The first-order valence-electron chi connectivity index (χ1n) is 8.54. The largest absolute Gasteiger partial charge is 0.336 e. The van der Waals surface area contributed by atoms with Crippen molar-refractivity contribution in [3.05, 3.63) is 52.8 Å². The number of fused-ring (bicyclic) bond motifs is 1. The molecule has 0 saturated carbocycles. The fourth-order valence-electron chi connectivity index (χ4n) is 2.92. The number of aromatic nitrogens is 2. The molecule has 0 aliphatic heterocycles. The molecule has 1 aromatic carbocycles. The molecular weight excluding hydrogens is 314 g/mol. The number of anilines is 1. The molecule has 2 heterocycles. The predicted octanol–water partition coefficient (Wildman–Crippen LogP) is 5.03. The van der Waals surface area contributed by atoms with Gasteiger partial charge >= 0.3 is 0 Å². The van der Waals surface area contributed by atoms with E-state index in [9.17, 15) is 4.79 Å². The highest BCUT2D eigenvalue weighted by Gasteiger charge is 2.17. The molecule has 5 heteroatoms. The normalized spacial score (nSPS) is 11.5. The van der Waals surface area contributed by atoms with Crippen molar-refractivity contribution >= 4 is 22.7 Å².